The number of aromatic nitrogens is 1. The number of hydrogen-bond donors (Lipinski definition) is 1. The maximum Gasteiger partial charge on any atom is 0.0961 e. The fraction of sp³-hybridized carbons (Fsp3) is 0.444. The van der Waals surface area contributed by atoms with E-state index in [1.165, 1.54) is 11.8 Å². The van der Waals surface area contributed by atoms with Crippen LogP contribution in [0.25, 0.3) is 0 Å². The lowest BCUT2D eigenvalue weighted by molar-refractivity contribution is 0.0794. The lowest BCUT2D eigenvalue weighted by Crippen LogP contribution is -2.16. The van der Waals surface area contributed by atoms with Gasteiger partial charge in [-0.15, -0.1) is 11.8 Å². The summed E-state index contributed by atoms with van der Waals surface area (Å²) < 4.78 is 5.78. The summed E-state index contributed by atoms with van der Waals surface area (Å²) in [6.45, 7) is 0.365. The number of nitrogens with zero attached hydrogens (tertiary/aromatic N) is 1. The molecule has 0 aliphatic rings. The molecule has 0 aromatic carbocycles. The Kier molecular flexibility index (Phi) is 5.47. The fourth-order valence-electron chi connectivity index (χ4n) is 0.870. The van der Waals surface area contributed by atoms with Crippen LogP contribution in [0, 0.1) is 0 Å². The van der Waals surface area contributed by atoms with E-state index in [0.29, 0.717) is 12.4 Å². The number of aliphatic hydroxyl groups excluding tert-OH is 1. The van der Waals surface area contributed by atoms with E-state index in [2.05, 4.69) is 20.9 Å². The van der Waals surface area contributed by atoms with E-state index in [9.17, 15) is 5.11 Å². The third kappa shape index (κ3) is 4.41. The van der Waals surface area contributed by atoms with Crippen molar-refractivity contribution in [2.24, 2.45) is 0 Å². The molecule has 0 aliphatic carbocycles. The summed E-state index contributed by atoms with van der Waals surface area (Å²) in [5.41, 5.74) is 0. The van der Waals surface area contributed by atoms with Crippen LogP contribution in [0.4, 0.5) is 0 Å². The molecular formula is C9H12BrNO2S. The highest BCUT2D eigenvalue weighted by Crippen LogP contribution is 2.18. The Morgan fingerprint density at radius 1 is 1.64 bits per heavy atom. The molecule has 3 nitrogen and oxygen atoms in total. The van der Waals surface area contributed by atoms with Crippen LogP contribution in [0.2, 0.25) is 0 Å². The summed E-state index contributed by atoms with van der Waals surface area (Å²) in [5, 5.41) is 10.3. The van der Waals surface area contributed by atoms with Crippen molar-refractivity contribution in [1.82, 2.24) is 4.98 Å². The second-order valence-electron chi connectivity index (χ2n) is 2.73. The Morgan fingerprint density at radius 3 is 3.00 bits per heavy atom. The van der Waals surface area contributed by atoms with Crippen LogP contribution >= 0.6 is 27.7 Å². The van der Waals surface area contributed by atoms with Gasteiger partial charge in [-0.05, 0) is 28.1 Å². The molecule has 1 heterocycles. The average molecular weight is 278 g/mol. The van der Waals surface area contributed by atoms with Crippen molar-refractivity contribution < 1.29 is 9.84 Å². The van der Waals surface area contributed by atoms with Gasteiger partial charge in [-0.1, -0.05) is 0 Å². The van der Waals surface area contributed by atoms with E-state index in [-0.39, 0.29) is 0 Å². The number of hydrogen-bond acceptors (Lipinski definition) is 4. The number of aliphatic hydroxyl groups is 1. The van der Waals surface area contributed by atoms with Gasteiger partial charge in [0, 0.05) is 23.5 Å². The van der Waals surface area contributed by atoms with Crippen LogP contribution in [0.15, 0.2) is 27.8 Å². The summed E-state index contributed by atoms with van der Waals surface area (Å²) in [4.78, 5) is 4.17. The van der Waals surface area contributed by atoms with Crippen molar-refractivity contribution in [2.75, 3.05) is 19.5 Å². The van der Waals surface area contributed by atoms with Gasteiger partial charge in [-0.3, -0.25) is 0 Å². The van der Waals surface area contributed by atoms with Crippen LogP contribution in [-0.2, 0) is 4.74 Å². The van der Waals surface area contributed by atoms with Gasteiger partial charge in [0.2, 0.25) is 0 Å². The molecule has 1 atom stereocenters. The van der Waals surface area contributed by atoms with Gasteiger partial charge in [0.05, 0.1) is 17.7 Å². The summed E-state index contributed by atoms with van der Waals surface area (Å²) in [7, 11) is 1.58. The van der Waals surface area contributed by atoms with E-state index in [0.717, 1.165) is 9.50 Å². The molecule has 1 unspecified atom stereocenters. The highest BCUT2D eigenvalue weighted by Gasteiger charge is 2.04. The zero-order valence-electron chi connectivity index (χ0n) is 7.81. The highest BCUT2D eigenvalue weighted by molar-refractivity contribution is 9.10. The van der Waals surface area contributed by atoms with Gasteiger partial charge in [0.15, 0.2) is 0 Å². The molecule has 0 spiro atoms. The Hall–Kier alpha value is -0.100. The van der Waals surface area contributed by atoms with Gasteiger partial charge in [0.1, 0.15) is 0 Å². The van der Waals surface area contributed by atoms with E-state index < -0.39 is 6.10 Å². The molecule has 14 heavy (non-hydrogen) atoms. The lowest BCUT2D eigenvalue weighted by Gasteiger charge is -2.07. The predicted molar refractivity (Wildman–Crippen MR) is 60.5 cm³/mol. The largest absolute Gasteiger partial charge is 0.390 e. The summed E-state index contributed by atoms with van der Waals surface area (Å²) >= 11 is 4.82. The number of thioether (sulfide) groups is 1. The van der Waals surface area contributed by atoms with Gasteiger partial charge in [-0.25, -0.2) is 4.98 Å². The molecular weight excluding hydrogens is 266 g/mol. The molecule has 1 rings (SSSR count). The first kappa shape index (κ1) is 12.0. The molecule has 1 aromatic heterocycles. The molecule has 0 bridgehead atoms. The maximum absolute atomic E-state index is 9.38. The molecule has 0 aliphatic heterocycles. The van der Waals surface area contributed by atoms with Gasteiger partial charge < -0.3 is 9.84 Å². The van der Waals surface area contributed by atoms with Crippen LogP contribution < -0.4 is 0 Å². The second kappa shape index (κ2) is 6.40. The van der Waals surface area contributed by atoms with E-state index in [1.807, 2.05) is 12.1 Å². The Bertz CT molecular complexity index is 268. The van der Waals surface area contributed by atoms with Crippen molar-refractivity contribution in [1.29, 1.82) is 0 Å². The Labute approximate surface area is 96.0 Å². The predicted octanol–water partition coefficient (Wildman–Crippen LogP) is 1.94. The first-order chi connectivity index (χ1) is 6.72. The molecule has 0 saturated heterocycles. The highest BCUT2D eigenvalue weighted by atomic mass is 79.9. The van der Waals surface area contributed by atoms with Crippen LogP contribution in [0.1, 0.15) is 0 Å². The molecule has 78 valence electrons. The SMILES string of the molecule is COCC(O)CSc1ccc(Br)cn1. The first-order valence-corrected chi connectivity index (χ1v) is 5.91. The number of pyridine rings is 1. The first-order valence-electron chi connectivity index (χ1n) is 4.13. The Morgan fingerprint density at radius 2 is 2.43 bits per heavy atom. The molecule has 0 saturated carbocycles. The third-order valence-electron chi connectivity index (χ3n) is 1.48. The number of rotatable bonds is 5. The average Bonchev–Trinajstić information content (AvgIpc) is 2.17. The normalized spacial score (nSPS) is 12.8. The van der Waals surface area contributed by atoms with E-state index in [4.69, 9.17) is 4.74 Å². The van der Waals surface area contributed by atoms with Crippen molar-refractivity contribution in [3.63, 3.8) is 0 Å². The van der Waals surface area contributed by atoms with Crippen LogP contribution in [-0.4, -0.2) is 35.7 Å². The number of halogens is 1. The number of methoxy groups -OCH3 is 1. The third-order valence-corrected chi connectivity index (χ3v) is 3.04. The van der Waals surface area contributed by atoms with E-state index >= 15 is 0 Å². The van der Waals surface area contributed by atoms with Crippen LogP contribution in [0.5, 0.6) is 0 Å². The second-order valence-corrected chi connectivity index (χ2v) is 4.69. The minimum atomic E-state index is -0.435. The van der Waals surface area contributed by atoms with Gasteiger partial charge >= 0.3 is 0 Å². The minimum absolute atomic E-state index is 0.365. The summed E-state index contributed by atoms with van der Waals surface area (Å²) in [5.74, 6) is 0.600. The topological polar surface area (TPSA) is 42.4 Å². The molecule has 0 amide bonds. The minimum Gasteiger partial charge on any atom is -0.390 e. The van der Waals surface area contributed by atoms with Crippen molar-refractivity contribution >= 4 is 27.7 Å². The quantitative estimate of drug-likeness (QED) is 0.836. The fourth-order valence-corrected chi connectivity index (χ4v) is 1.86. The van der Waals surface area contributed by atoms with Crippen molar-refractivity contribution in [3.05, 3.63) is 22.8 Å². The van der Waals surface area contributed by atoms with E-state index in [1.54, 1.807) is 13.3 Å². The smallest absolute Gasteiger partial charge is 0.0961 e. The molecule has 1 N–H and O–H groups in total. The van der Waals surface area contributed by atoms with Crippen molar-refractivity contribution in [2.45, 2.75) is 11.1 Å². The standard InChI is InChI=1S/C9H12BrNO2S/c1-13-5-8(12)6-14-9-3-2-7(10)4-11-9/h2-4,8,12H,5-6H2,1H3. The molecule has 5 heteroatoms. The molecule has 1 aromatic rings. The van der Waals surface area contributed by atoms with Gasteiger partial charge in [0.25, 0.3) is 0 Å². The molecule has 0 radical (unpaired) electrons. The zero-order valence-corrected chi connectivity index (χ0v) is 10.2. The number of ether oxygens (including phenoxy) is 1. The maximum atomic E-state index is 9.38. The summed E-state index contributed by atoms with van der Waals surface area (Å²) in [6, 6.07) is 3.84. The monoisotopic (exact) mass is 277 g/mol. The van der Waals surface area contributed by atoms with Gasteiger partial charge in [-0.2, -0.15) is 0 Å². The Balaban J connectivity index is 2.34. The molecule has 0 fully saturated rings. The zero-order chi connectivity index (χ0) is 10.4. The summed E-state index contributed by atoms with van der Waals surface area (Å²) in [6.07, 6.45) is 1.31. The van der Waals surface area contributed by atoms with Crippen molar-refractivity contribution in [3.8, 4) is 0 Å². The van der Waals surface area contributed by atoms with Crippen LogP contribution in [0.3, 0.4) is 0 Å². The lowest BCUT2D eigenvalue weighted by atomic mass is 10.4.